The molecule has 0 N–H and O–H groups in total. The highest BCUT2D eigenvalue weighted by Gasteiger charge is 2.48. The lowest BCUT2D eigenvalue weighted by atomic mass is 9.78. The van der Waals surface area contributed by atoms with Crippen LogP contribution in [0.25, 0.3) is 0 Å². The lowest BCUT2D eigenvalue weighted by molar-refractivity contribution is -0.186. The number of ether oxygens (including phenoxy) is 3. The molecule has 1 aliphatic rings. The lowest BCUT2D eigenvalue weighted by Gasteiger charge is -2.36. The monoisotopic (exact) mass is 480 g/mol. The number of hydrogen-bond acceptors (Lipinski definition) is 6. The summed E-state index contributed by atoms with van der Waals surface area (Å²) < 4.78 is 16.5. The molecule has 0 aliphatic heterocycles. The van der Waals surface area contributed by atoms with Gasteiger partial charge in [0, 0.05) is 6.08 Å². The minimum absolute atomic E-state index is 0.215. The molecule has 0 spiro atoms. The van der Waals surface area contributed by atoms with Crippen molar-refractivity contribution in [3.05, 3.63) is 12.7 Å². The number of carbonyl (C=O) groups is 3. The van der Waals surface area contributed by atoms with Gasteiger partial charge in [-0.3, -0.25) is 4.79 Å². The molecule has 0 saturated heterocycles. The third-order valence-electron chi connectivity index (χ3n) is 6.61. The first-order valence-corrected chi connectivity index (χ1v) is 13.5. The molecule has 0 radical (unpaired) electrons. The Hall–Kier alpha value is -1.85. The summed E-state index contributed by atoms with van der Waals surface area (Å²) in [6.07, 6.45) is 14.7. The van der Waals surface area contributed by atoms with E-state index in [-0.39, 0.29) is 24.7 Å². The quantitative estimate of drug-likeness (QED) is 0.0940. The highest BCUT2D eigenvalue weighted by Crippen LogP contribution is 2.37. The summed E-state index contributed by atoms with van der Waals surface area (Å²) in [6.45, 7) is 10.8. The summed E-state index contributed by atoms with van der Waals surface area (Å²) in [7, 11) is 0. The molecular weight excluding hydrogens is 432 g/mol. The van der Waals surface area contributed by atoms with Gasteiger partial charge in [-0.25, -0.2) is 9.59 Å². The fraction of sp³-hybridized carbons (Fsp3) is 0.821. The van der Waals surface area contributed by atoms with E-state index in [0.29, 0.717) is 32.0 Å². The summed E-state index contributed by atoms with van der Waals surface area (Å²) >= 11 is 0. The molecule has 1 saturated carbocycles. The van der Waals surface area contributed by atoms with Gasteiger partial charge in [-0.15, -0.1) is 0 Å². The van der Waals surface area contributed by atoms with E-state index in [1.54, 1.807) is 0 Å². The molecule has 1 aliphatic carbocycles. The Bertz CT molecular complexity index is 604. The molecular formula is C28H48O6. The highest BCUT2D eigenvalue weighted by molar-refractivity contribution is 5.88. The van der Waals surface area contributed by atoms with Crippen molar-refractivity contribution < 1.29 is 28.6 Å². The van der Waals surface area contributed by atoms with Crippen molar-refractivity contribution in [3.8, 4) is 0 Å². The van der Waals surface area contributed by atoms with Crippen LogP contribution in [0.15, 0.2) is 12.7 Å². The van der Waals surface area contributed by atoms with Crippen molar-refractivity contribution in [1.29, 1.82) is 0 Å². The Balaban J connectivity index is 2.42. The SMILES string of the molecule is C=CC(=O)OC1(C(=O)OCCCCCC(C)C)CCC(C(=O)OCCCCCCCCC)CC1. The standard InChI is InChI=1S/C28H48O6/c1-5-7-8-9-10-11-14-21-32-26(30)24-17-19-28(20-18-24,34-25(29)6-2)27(31)33-22-15-12-13-16-23(3)4/h6,23-24H,2,5,7-22H2,1,3-4H3. The summed E-state index contributed by atoms with van der Waals surface area (Å²) in [5, 5.41) is 0. The van der Waals surface area contributed by atoms with E-state index < -0.39 is 17.5 Å². The van der Waals surface area contributed by atoms with Crippen LogP contribution in [0.3, 0.4) is 0 Å². The Labute approximate surface area is 207 Å². The maximum atomic E-state index is 12.9. The molecule has 196 valence electrons. The summed E-state index contributed by atoms with van der Waals surface area (Å²) in [6, 6.07) is 0. The summed E-state index contributed by atoms with van der Waals surface area (Å²) in [4.78, 5) is 37.3. The van der Waals surface area contributed by atoms with Crippen LogP contribution >= 0.6 is 0 Å². The van der Waals surface area contributed by atoms with Crippen molar-refractivity contribution in [2.75, 3.05) is 13.2 Å². The van der Waals surface area contributed by atoms with Crippen LogP contribution in [-0.2, 0) is 28.6 Å². The number of hydrogen-bond donors (Lipinski definition) is 0. The Morgan fingerprint density at radius 2 is 1.44 bits per heavy atom. The van der Waals surface area contributed by atoms with E-state index in [0.717, 1.165) is 44.6 Å². The highest BCUT2D eigenvalue weighted by atomic mass is 16.6. The van der Waals surface area contributed by atoms with Gasteiger partial charge in [0.1, 0.15) is 0 Å². The van der Waals surface area contributed by atoms with Crippen molar-refractivity contribution in [3.63, 3.8) is 0 Å². The first-order chi connectivity index (χ1) is 16.3. The van der Waals surface area contributed by atoms with Gasteiger partial charge in [0.15, 0.2) is 0 Å². The van der Waals surface area contributed by atoms with Crippen LogP contribution < -0.4 is 0 Å². The Morgan fingerprint density at radius 3 is 2.03 bits per heavy atom. The molecule has 6 nitrogen and oxygen atoms in total. The van der Waals surface area contributed by atoms with E-state index >= 15 is 0 Å². The molecule has 0 amide bonds. The second-order valence-electron chi connectivity index (χ2n) is 10.1. The zero-order chi connectivity index (χ0) is 25.2. The minimum atomic E-state index is -1.33. The lowest BCUT2D eigenvalue weighted by Crippen LogP contribution is -2.48. The molecule has 0 aromatic rings. The fourth-order valence-electron chi connectivity index (χ4n) is 4.38. The number of rotatable bonds is 18. The van der Waals surface area contributed by atoms with Gasteiger partial charge in [0.05, 0.1) is 19.1 Å². The molecule has 6 heteroatoms. The average Bonchev–Trinajstić information content (AvgIpc) is 2.82. The van der Waals surface area contributed by atoms with Gasteiger partial charge >= 0.3 is 17.9 Å². The Kier molecular flexibility index (Phi) is 15.6. The van der Waals surface area contributed by atoms with Crippen molar-refractivity contribution in [2.24, 2.45) is 11.8 Å². The maximum Gasteiger partial charge on any atom is 0.350 e. The molecule has 0 unspecified atom stereocenters. The van der Waals surface area contributed by atoms with E-state index in [1.165, 1.54) is 32.1 Å². The van der Waals surface area contributed by atoms with Gasteiger partial charge in [0.2, 0.25) is 5.60 Å². The summed E-state index contributed by atoms with van der Waals surface area (Å²) in [5.74, 6) is -0.978. The first-order valence-electron chi connectivity index (χ1n) is 13.5. The topological polar surface area (TPSA) is 78.9 Å². The first kappa shape index (κ1) is 30.2. The fourth-order valence-corrected chi connectivity index (χ4v) is 4.38. The number of carbonyl (C=O) groups excluding carboxylic acids is 3. The molecule has 1 fully saturated rings. The van der Waals surface area contributed by atoms with Crippen molar-refractivity contribution in [2.45, 2.75) is 123 Å². The summed E-state index contributed by atoms with van der Waals surface area (Å²) in [5.41, 5.74) is -1.33. The second-order valence-corrected chi connectivity index (χ2v) is 10.1. The van der Waals surface area contributed by atoms with Gasteiger partial charge in [-0.05, 0) is 44.4 Å². The van der Waals surface area contributed by atoms with Crippen molar-refractivity contribution >= 4 is 17.9 Å². The number of esters is 3. The normalized spacial score (nSPS) is 20.1. The van der Waals surface area contributed by atoms with Gasteiger partial charge in [-0.1, -0.05) is 85.1 Å². The third-order valence-corrected chi connectivity index (χ3v) is 6.61. The van der Waals surface area contributed by atoms with Crippen LogP contribution in [0.4, 0.5) is 0 Å². The van der Waals surface area contributed by atoms with Gasteiger partial charge < -0.3 is 14.2 Å². The van der Waals surface area contributed by atoms with Gasteiger partial charge in [0.25, 0.3) is 0 Å². The van der Waals surface area contributed by atoms with Crippen molar-refractivity contribution in [1.82, 2.24) is 0 Å². The zero-order valence-electron chi connectivity index (χ0n) is 21.9. The molecule has 0 aromatic carbocycles. The average molecular weight is 481 g/mol. The predicted molar refractivity (Wildman–Crippen MR) is 134 cm³/mol. The largest absolute Gasteiger partial charge is 0.465 e. The van der Waals surface area contributed by atoms with E-state index in [4.69, 9.17) is 14.2 Å². The predicted octanol–water partition coefficient (Wildman–Crippen LogP) is 6.70. The van der Waals surface area contributed by atoms with E-state index in [9.17, 15) is 14.4 Å². The molecule has 0 bridgehead atoms. The number of unbranched alkanes of at least 4 members (excludes halogenated alkanes) is 8. The molecule has 34 heavy (non-hydrogen) atoms. The minimum Gasteiger partial charge on any atom is -0.465 e. The smallest absolute Gasteiger partial charge is 0.350 e. The molecule has 0 aromatic heterocycles. The molecule has 0 atom stereocenters. The third kappa shape index (κ3) is 12.0. The Morgan fingerprint density at radius 1 is 0.882 bits per heavy atom. The second kappa shape index (κ2) is 17.6. The van der Waals surface area contributed by atoms with Crippen LogP contribution in [-0.4, -0.2) is 36.7 Å². The van der Waals surface area contributed by atoms with Crippen LogP contribution in [0.1, 0.15) is 117 Å². The molecule has 1 rings (SSSR count). The van der Waals surface area contributed by atoms with Crippen LogP contribution in [0, 0.1) is 11.8 Å². The van der Waals surface area contributed by atoms with Crippen LogP contribution in [0.2, 0.25) is 0 Å². The van der Waals surface area contributed by atoms with Gasteiger partial charge in [-0.2, -0.15) is 0 Å². The zero-order valence-corrected chi connectivity index (χ0v) is 21.9. The maximum absolute atomic E-state index is 12.9. The van der Waals surface area contributed by atoms with E-state index in [2.05, 4.69) is 27.4 Å². The van der Waals surface area contributed by atoms with Crippen LogP contribution in [0.5, 0.6) is 0 Å². The molecule has 0 heterocycles. The van der Waals surface area contributed by atoms with E-state index in [1.807, 2.05) is 0 Å².